The number of carboxylic acid groups (broad SMARTS) is 1. The summed E-state index contributed by atoms with van der Waals surface area (Å²) in [4.78, 5) is 18.8. The molecule has 0 atom stereocenters. The zero-order chi connectivity index (χ0) is 11.5. The van der Waals surface area contributed by atoms with Gasteiger partial charge in [0.25, 0.3) is 0 Å². The molecule has 2 aromatic heterocycles. The van der Waals surface area contributed by atoms with Gasteiger partial charge in [0.2, 0.25) is 0 Å². The molecule has 2 rings (SSSR count). The topological polar surface area (TPSA) is 63.1 Å². The minimum atomic E-state index is -0.971. The fourth-order valence-corrected chi connectivity index (χ4v) is 1.39. The van der Waals surface area contributed by atoms with Gasteiger partial charge in [-0.05, 0) is 30.7 Å². The lowest BCUT2D eigenvalue weighted by atomic mass is 10.1. The van der Waals surface area contributed by atoms with Gasteiger partial charge >= 0.3 is 5.97 Å². The molecular weight excluding hydrogens is 204 g/mol. The van der Waals surface area contributed by atoms with E-state index in [0.29, 0.717) is 0 Å². The van der Waals surface area contributed by atoms with Crippen molar-refractivity contribution in [2.24, 2.45) is 0 Å². The lowest BCUT2D eigenvalue weighted by Gasteiger charge is -2.01. The van der Waals surface area contributed by atoms with Crippen molar-refractivity contribution in [3.8, 4) is 11.3 Å². The van der Waals surface area contributed by atoms with E-state index in [1.165, 1.54) is 12.3 Å². The zero-order valence-electron chi connectivity index (χ0n) is 8.71. The lowest BCUT2D eigenvalue weighted by molar-refractivity contribution is 0.0696. The first kappa shape index (κ1) is 10.3. The Morgan fingerprint density at radius 2 is 2.06 bits per heavy atom. The summed E-state index contributed by atoms with van der Waals surface area (Å²) in [7, 11) is 0. The molecule has 2 heterocycles. The van der Waals surface area contributed by atoms with Crippen molar-refractivity contribution in [2.45, 2.75) is 6.92 Å². The molecule has 0 bridgehead atoms. The summed E-state index contributed by atoms with van der Waals surface area (Å²) in [6.07, 6.45) is 4.81. The minimum Gasteiger partial charge on any atom is -0.478 e. The van der Waals surface area contributed by atoms with E-state index in [-0.39, 0.29) is 5.56 Å². The second kappa shape index (κ2) is 4.10. The van der Waals surface area contributed by atoms with Gasteiger partial charge in [-0.3, -0.25) is 9.97 Å². The van der Waals surface area contributed by atoms with Crippen molar-refractivity contribution in [1.29, 1.82) is 0 Å². The second-order valence-electron chi connectivity index (χ2n) is 3.49. The van der Waals surface area contributed by atoms with Gasteiger partial charge in [0.05, 0.1) is 11.3 Å². The van der Waals surface area contributed by atoms with Crippen LogP contribution in [0.3, 0.4) is 0 Å². The molecule has 0 unspecified atom stereocenters. The van der Waals surface area contributed by atoms with Crippen LogP contribution in [-0.2, 0) is 0 Å². The molecule has 0 aliphatic carbocycles. The zero-order valence-corrected chi connectivity index (χ0v) is 8.71. The molecule has 0 aliphatic rings. The molecule has 0 radical (unpaired) electrons. The van der Waals surface area contributed by atoms with E-state index in [2.05, 4.69) is 9.97 Å². The lowest BCUT2D eigenvalue weighted by Crippen LogP contribution is -1.97. The number of hydrogen-bond acceptors (Lipinski definition) is 3. The number of aromatic carboxylic acids is 1. The first-order chi connectivity index (χ1) is 7.66. The molecule has 4 nitrogen and oxygen atoms in total. The van der Waals surface area contributed by atoms with Gasteiger partial charge in [-0.15, -0.1) is 0 Å². The van der Waals surface area contributed by atoms with Crippen molar-refractivity contribution in [3.05, 3.63) is 47.9 Å². The van der Waals surface area contributed by atoms with Crippen LogP contribution in [0.4, 0.5) is 0 Å². The van der Waals surface area contributed by atoms with Crippen LogP contribution in [0.15, 0.2) is 36.8 Å². The number of aryl methyl sites for hydroxylation is 1. The quantitative estimate of drug-likeness (QED) is 0.831. The number of carboxylic acids is 1. The number of hydrogen-bond donors (Lipinski definition) is 1. The molecule has 0 saturated heterocycles. The molecule has 4 heteroatoms. The molecular formula is C12H10N2O2. The Morgan fingerprint density at radius 1 is 1.25 bits per heavy atom. The highest BCUT2D eigenvalue weighted by atomic mass is 16.4. The van der Waals surface area contributed by atoms with Crippen molar-refractivity contribution < 1.29 is 9.90 Å². The first-order valence-electron chi connectivity index (χ1n) is 4.78. The summed E-state index contributed by atoms with van der Waals surface area (Å²) in [6, 6.07) is 5.17. The molecule has 1 N–H and O–H groups in total. The Labute approximate surface area is 92.6 Å². The third-order valence-electron chi connectivity index (χ3n) is 2.18. The largest absolute Gasteiger partial charge is 0.478 e. The van der Waals surface area contributed by atoms with Crippen molar-refractivity contribution >= 4 is 5.97 Å². The number of nitrogens with zero attached hydrogens (tertiary/aromatic N) is 2. The van der Waals surface area contributed by atoms with Gasteiger partial charge in [-0.2, -0.15) is 0 Å². The van der Waals surface area contributed by atoms with Gasteiger partial charge in [0, 0.05) is 24.2 Å². The minimum absolute atomic E-state index is 0.185. The monoisotopic (exact) mass is 214 g/mol. The van der Waals surface area contributed by atoms with E-state index in [4.69, 9.17) is 5.11 Å². The molecule has 2 aromatic rings. The highest BCUT2D eigenvalue weighted by molar-refractivity contribution is 5.87. The molecule has 16 heavy (non-hydrogen) atoms. The SMILES string of the molecule is Cc1cncc(-c2ccc(C(=O)O)cn2)c1. The van der Waals surface area contributed by atoms with Crippen LogP contribution in [0.5, 0.6) is 0 Å². The highest BCUT2D eigenvalue weighted by Gasteiger charge is 2.04. The maximum absolute atomic E-state index is 10.7. The van der Waals surface area contributed by atoms with E-state index in [1.807, 2.05) is 13.0 Å². The Morgan fingerprint density at radius 3 is 2.62 bits per heavy atom. The van der Waals surface area contributed by atoms with E-state index >= 15 is 0 Å². The van der Waals surface area contributed by atoms with Gasteiger partial charge in [-0.1, -0.05) is 0 Å². The third kappa shape index (κ3) is 2.06. The second-order valence-corrected chi connectivity index (χ2v) is 3.49. The molecule has 0 saturated carbocycles. The summed E-state index contributed by atoms with van der Waals surface area (Å²) in [6.45, 7) is 1.95. The summed E-state index contributed by atoms with van der Waals surface area (Å²) in [5, 5.41) is 8.74. The Bertz CT molecular complexity index is 521. The van der Waals surface area contributed by atoms with Gasteiger partial charge < -0.3 is 5.11 Å². The maximum atomic E-state index is 10.7. The maximum Gasteiger partial charge on any atom is 0.337 e. The van der Waals surface area contributed by atoms with Gasteiger partial charge in [0.1, 0.15) is 0 Å². The average Bonchev–Trinajstić information content (AvgIpc) is 2.29. The average molecular weight is 214 g/mol. The van der Waals surface area contributed by atoms with Crippen molar-refractivity contribution in [1.82, 2.24) is 9.97 Å². The van der Waals surface area contributed by atoms with Crippen LogP contribution >= 0.6 is 0 Å². The fourth-order valence-electron chi connectivity index (χ4n) is 1.39. The van der Waals surface area contributed by atoms with Crippen LogP contribution in [0.2, 0.25) is 0 Å². The highest BCUT2D eigenvalue weighted by Crippen LogP contribution is 2.16. The van der Waals surface area contributed by atoms with E-state index in [1.54, 1.807) is 18.5 Å². The fraction of sp³-hybridized carbons (Fsp3) is 0.0833. The molecule has 0 spiro atoms. The smallest absolute Gasteiger partial charge is 0.337 e. The molecule has 0 fully saturated rings. The Kier molecular flexibility index (Phi) is 2.64. The standard InChI is InChI=1S/C12H10N2O2/c1-8-4-10(6-13-5-8)11-3-2-9(7-14-11)12(15)16/h2-7H,1H3,(H,15,16). The first-order valence-corrected chi connectivity index (χ1v) is 4.78. The number of carbonyl (C=O) groups is 1. The predicted octanol–water partition coefficient (Wildman–Crippen LogP) is 2.15. The van der Waals surface area contributed by atoms with Crippen molar-refractivity contribution in [2.75, 3.05) is 0 Å². The van der Waals surface area contributed by atoms with Crippen LogP contribution in [0, 0.1) is 6.92 Å². The van der Waals surface area contributed by atoms with E-state index in [0.717, 1.165) is 16.8 Å². The number of aromatic nitrogens is 2. The van der Waals surface area contributed by atoms with E-state index in [9.17, 15) is 4.79 Å². The normalized spacial score (nSPS) is 10.1. The Balaban J connectivity index is 2.38. The molecule has 0 aliphatic heterocycles. The Hall–Kier alpha value is -2.23. The summed E-state index contributed by atoms with van der Waals surface area (Å²) >= 11 is 0. The van der Waals surface area contributed by atoms with Crippen LogP contribution < -0.4 is 0 Å². The molecule has 0 aromatic carbocycles. The molecule has 0 amide bonds. The van der Waals surface area contributed by atoms with E-state index < -0.39 is 5.97 Å². The summed E-state index contributed by atoms with van der Waals surface area (Å²) in [5.74, 6) is -0.971. The van der Waals surface area contributed by atoms with Gasteiger partial charge in [-0.25, -0.2) is 4.79 Å². The van der Waals surface area contributed by atoms with Crippen LogP contribution in [-0.4, -0.2) is 21.0 Å². The van der Waals surface area contributed by atoms with Crippen molar-refractivity contribution in [3.63, 3.8) is 0 Å². The molecule has 80 valence electrons. The summed E-state index contributed by atoms with van der Waals surface area (Å²) in [5.41, 5.74) is 2.84. The number of pyridine rings is 2. The van der Waals surface area contributed by atoms with Gasteiger partial charge in [0.15, 0.2) is 0 Å². The predicted molar refractivity (Wildman–Crippen MR) is 59.2 cm³/mol. The van der Waals surface area contributed by atoms with Crippen LogP contribution in [0.1, 0.15) is 15.9 Å². The van der Waals surface area contributed by atoms with Crippen LogP contribution in [0.25, 0.3) is 11.3 Å². The summed E-state index contributed by atoms with van der Waals surface area (Å²) < 4.78 is 0. The third-order valence-corrected chi connectivity index (χ3v) is 2.18. The number of rotatable bonds is 2.